The number of benzene rings is 1. The molecule has 0 N–H and O–H groups in total. The zero-order chi connectivity index (χ0) is 19.2. The van der Waals surface area contributed by atoms with Crippen LogP contribution in [0.5, 0.6) is 5.75 Å². The molecule has 0 fully saturated rings. The third-order valence-corrected chi connectivity index (χ3v) is 4.69. The smallest absolute Gasteiger partial charge is 0.406 e. The molecular formula is C16H13F3N6OS. The van der Waals surface area contributed by atoms with Crippen molar-refractivity contribution < 1.29 is 17.9 Å². The first-order valence-corrected chi connectivity index (χ1v) is 8.67. The van der Waals surface area contributed by atoms with Crippen molar-refractivity contribution in [3.8, 4) is 16.5 Å². The SMILES string of the molecule is Cc1cc(-c2nn3c(Cc4cccc(OC(F)(F)F)c4)nnc3s2)n(C)n1. The van der Waals surface area contributed by atoms with E-state index in [0.29, 0.717) is 16.3 Å². The van der Waals surface area contributed by atoms with Gasteiger partial charge in [-0.15, -0.1) is 23.4 Å². The number of alkyl halides is 3. The lowest BCUT2D eigenvalue weighted by atomic mass is 10.1. The Kier molecular flexibility index (Phi) is 4.10. The van der Waals surface area contributed by atoms with Crippen LogP contribution in [0.2, 0.25) is 0 Å². The van der Waals surface area contributed by atoms with Crippen LogP contribution in [0.1, 0.15) is 17.1 Å². The first-order chi connectivity index (χ1) is 12.8. The van der Waals surface area contributed by atoms with Gasteiger partial charge in [0.15, 0.2) is 10.8 Å². The van der Waals surface area contributed by atoms with Gasteiger partial charge in [-0.1, -0.05) is 23.5 Å². The number of ether oxygens (including phenoxy) is 1. The zero-order valence-corrected chi connectivity index (χ0v) is 15.0. The van der Waals surface area contributed by atoms with Crippen molar-refractivity contribution in [2.24, 2.45) is 7.05 Å². The molecule has 4 aromatic rings. The lowest BCUT2D eigenvalue weighted by molar-refractivity contribution is -0.274. The second-order valence-electron chi connectivity index (χ2n) is 5.88. The molecule has 4 rings (SSSR count). The van der Waals surface area contributed by atoms with Crippen molar-refractivity contribution in [2.45, 2.75) is 19.7 Å². The molecule has 0 bridgehead atoms. The Morgan fingerprint density at radius 3 is 2.67 bits per heavy atom. The van der Waals surface area contributed by atoms with Gasteiger partial charge in [-0.05, 0) is 30.7 Å². The normalized spacial score (nSPS) is 12.0. The van der Waals surface area contributed by atoms with Gasteiger partial charge in [-0.2, -0.15) is 14.7 Å². The number of fused-ring (bicyclic) bond motifs is 1. The standard InChI is InChI=1S/C16H13F3N6OS/c1-9-6-12(24(2)22-9)14-23-25-13(20-21-15(25)27-14)8-10-4-3-5-11(7-10)26-16(17,18)19/h3-7H,8H2,1-2H3. The van der Waals surface area contributed by atoms with Gasteiger partial charge >= 0.3 is 6.36 Å². The fourth-order valence-electron chi connectivity index (χ4n) is 2.72. The fourth-order valence-corrected chi connectivity index (χ4v) is 3.62. The van der Waals surface area contributed by atoms with E-state index >= 15 is 0 Å². The minimum Gasteiger partial charge on any atom is -0.406 e. The number of hydrogen-bond acceptors (Lipinski definition) is 6. The van der Waals surface area contributed by atoms with Crippen molar-refractivity contribution >= 4 is 16.3 Å². The maximum Gasteiger partial charge on any atom is 0.573 e. The molecule has 0 spiro atoms. The third-order valence-electron chi connectivity index (χ3n) is 3.77. The largest absolute Gasteiger partial charge is 0.573 e. The lowest BCUT2D eigenvalue weighted by Crippen LogP contribution is -2.17. The van der Waals surface area contributed by atoms with E-state index in [4.69, 9.17) is 0 Å². The highest BCUT2D eigenvalue weighted by molar-refractivity contribution is 7.19. The Morgan fingerprint density at radius 1 is 1.15 bits per heavy atom. The molecular weight excluding hydrogens is 381 g/mol. The molecule has 140 valence electrons. The van der Waals surface area contributed by atoms with Gasteiger partial charge in [0.1, 0.15) is 5.75 Å². The van der Waals surface area contributed by atoms with Gasteiger partial charge in [0.05, 0.1) is 11.4 Å². The molecule has 0 saturated heterocycles. The summed E-state index contributed by atoms with van der Waals surface area (Å²) < 4.78 is 44.5. The number of hydrogen-bond donors (Lipinski definition) is 0. The third kappa shape index (κ3) is 3.63. The molecule has 0 amide bonds. The van der Waals surface area contributed by atoms with Gasteiger partial charge < -0.3 is 4.74 Å². The first-order valence-electron chi connectivity index (χ1n) is 7.85. The van der Waals surface area contributed by atoms with E-state index in [1.807, 2.05) is 20.0 Å². The minimum atomic E-state index is -4.73. The van der Waals surface area contributed by atoms with E-state index < -0.39 is 6.36 Å². The Hall–Kier alpha value is -2.95. The van der Waals surface area contributed by atoms with Crippen LogP contribution < -0.4 is 4.74 Å². The molecule has 0 saturated carbocycles. The summed E-state index contributed by atoms with van der Waals surface area (Å²) in [7, 11) is 1.83. The summed E-state index contributed by atoms with van der Waals surface area (Å²) in [6.45, 7) is 1.89. The van der Waals surface area contributed by atoms with E-state index in [9.17, 15) is 13.2 Å². The molecule has 1 aromatic carbocycles. The van der Waals surface area contributed by atoms with Gasteiger partial charge in [-0.3, -0.25) is 4.68 Å². The Bertz CT molecular complexity index is 1110. The Morgan fingerprint density at radius 2 is 1.96 bits per heavy atom. The summed E-state index contributed by atoms with van der Waals surface area (Å²) >= 11 is 1.36. The molecule has 7 nitrogen and oxygen atoms in total. The van der Waals surface area contributed by atoms with Crippen molar-refractivity contribution in [1.82, 2.24) is 29.6 Å². The molecule has 3 heterocycles. The summed E-state index contributed by atoms with van der Waals surface area (Å²) in [6, 6.07) is 7.69. The fraction of sp³-hybridized carbons (Fsp3) is 0.250. The highest BCUT2D eigenvalue weighted by Gasteiger charge is 2.31. The number of halogens is 3. The van der Waals surface area contributed by atoms with Gasteiger partial charge in [0.2, 0.25) is 4.96 Å². The molecule has 0 aliphatic heterocycles. The molecule has 11 heteroatoms. The highest BCUT2D eigenvalue weighted by atomic mass is 32.1. The van der Waals surface area contributed by atoms with Gasteiger partial charge in [0.25, 0.3) is 0 Å². The van der Waals surface area contributed by atoms with Crippen molar-refractivity contribution in [3.63, 3.8) is 0 Å². The predicted molar refractivity (Wildman–Crippen MR) is 91.5 cm³/mol. The maximum atomic E-state index is 12.4. The Labute approximate surface area is 155 Å². The van der Waals surface area contributed by atoms with E-state index in [0.717, 1.165) is 16.4 Å². The van der Waals surface area contributed by atoms with Crippen LogP contribution in [-0.4, -0.2) is 36.0 Å². The van der Waals surface area contributed by atoms with Crippen LogP contribution in [0.15, 0.2) is 30.3 Å². The highest BCUT2D eigenvalue weighted by Crippen LogP contribution is 2.27. The topological polar surface area (TPSA) is 70.1 Å². The van der Waals surface area contributed by atoms with Gasteiger partial charge in [-0.25, -0.2) is 0 Å². The van der Waals surface area contributed by atoms with Gasteiger partial charge in [0, 0.05) is 13.5 Å². The quantitative estimate of drug-likeness (QED) is 0.531. The Balaban J connectivity index is 1.63. The summed E-state index contributed by atoms with van der Waals surface area (Å²) in [5.41, 5.74) is 2.34. The molecule has 3 aromatic heterocycles. The van der Waals surface area contributed by atoms with Crippen LogP contribution in [0.4, 0.5) is 13.2 Å². The zero-order valence-electron chi connectivity index (χ0n) is 14.2. The van der Waals surface area contributed by atoms with Crippen LogP contribution in [0, 0.1) is 6.92 Å². The summed E-state index contributed by atoms with van der Waals surface area (Å²) in [5.74, 6) is 0.251. The van der Waals surface area contributed by atoms with Crippen molar-refractivity contribution in [3.05, 3.63) is 47.4 Å². The molecule has 0 aliphatic carbocycles. The second kappa shape index (κ2) is 6.34. The van der Waals surface area contributed by atoms with Crippen LogP contribution >= 0.6 is 11.3 Å². The van der Waals surface area contributed by atoms with Crippen LogP contribution in [0.25, 0.3) is 15.7 Å². The minimum absolute atomic E-state index is 0.268. The van der Waals surface area contributed by atoms with E-state index in [1.165, 1.54) is 29.5 Å². The van der Waals surface area contributed by atoms with Crippen LogP contribution in [0.3, 0.4) is 0 Å². The van der Waals surface area contributed by atoms with E-state index in [1.54, 1.807) is 15.3 Å². The maximum absolute atomic E-state index is 12.4. The number of nitrogens with zero attached hydrogens (tertiary/aromatic N) is 6. The molecule has 0 radical (unpaired) electrons. The number of rotatable bonds is 4. The number of aryl methyl sites for hydroxylation is 2. The predicted octanol–water partition coefficient (Wildman–Crippen LogP) is 3.38. The first kappa shape index (κ1) is 17.5. The molecule has 0 aliphatic rings. The monoisotopic (exact) mass is 394 g/mol. The lowest BCUT2D eigenvalue weighted by Gasteiger charge is -2.09. The molecule has 0 atom stereocenters. The average molecular weight is 394 g/mol. The van der Waals surface area contributed by atoms with E-state index in [-0.39, 0.29) is 12.2 Å². The van der Waals surface area contributed by atoms with Crippen molar-refractivity contribution in [1.29, 1.82) is 0 Å². The summed E-state index contributed by atoms with van der Waals surface area (Å²) in [5, 5.41) is 17.8. The molecule has 0 unspecified atom stereocenters. The average Bonchev–Trinajstić information content (AvgIpc) is 3.21. The van der Waals surface area contributed by atoms with E-state index in [2.05, 4.69) is 25.1 Å². The van der Waals surface area contributed by atoms with Crippen molar-refractivity contribution in [2.75, 3.05) is 0 Å². The second-order valence-corrected chi connectivity index (χ2v) is 6.84. The summed E-state index contributed by atoms with van der Waals surface area (Å²) in [4.78, 5) is 0.599. The number of aromatic nitrogens is 6. The van der Waals surface area contributed by atoms with Crippen LogP contribution in [-0.2, 0) is 13.5 Å². The summed E-state index contributed by atoms with van der Waals surface area (Å²) in [6.07, 6.45) is -4.46. The molecule has 27 heavy (non-hydrogen) atoms.